The van der Waals surface area contributed by atoms with E-state index in [1.54, 1.807) is 26.2 Å². The summed E-state index contributed by atoms with van der Waals surface area (Å²) in [6, 6.07) is 6.18. The summed E-state index contributed by atoms with van der Waals surface area (Å²) in [5, 5.41) is 0. The van der Waals surface area contributed by atoms with Gasteiger partial charge >= 0.3 is 0 Å². The molecule has 0 aromatic heterocycles. The van der Waals surface area contributed by atoms with Crippen LogP contribution in [0.2, 0.25) is 0 Å². The third-order valence-electron chi connectivity index (χ3n) is 3.89. The molecule has 116 valence electrons. The quantitative estimate of drug-likeness (QED) is 0.855. The van der Waals surface area contributed by atoms with E-state index in [2.05, 4.69) is 6.92 Å². The van der Waals surface area contributed by atoms with Gasteiger partial charge < -0.3 is 4.90 Å². The predicted octanol–water partition coefficient (Wildman–Crippen LogP) is 1.81. The highest BCUT2D eigenvalue weighted by molar-refractivity contribution is 7.89. The first-order chi connectivity index (χ1) is 9.82. The summed E-state index contributed by atoms with van der Waals surface area (Å²) in [5.41, 5.74) is 0.492. The third-order valence-corrected chi connectivity index (χ3v) is 5.80. The molecule has 1 fully saturated rings. The molecule has 6 heteroatoms. The standard InChI is InChI=1S/C15H22N2O3S/c1-12-8-10-17(11-9-12)21(19,20)14-6-4-13(5-7-14)15(18)16(2)3/h4-7,12H,8-11H2,1-3H3. The van der Waals surface area contributed by atoms with Crippen LogP contribution in [-0.4, -0.2) is 50.7 Å². The van der Waals surface area contributed by atoms with Crippen molar-refractivity contribution >= 4 is 15.9 Å². The molecule has 1 aliphatic heterocycles. The van der Waals surface area contributed by atoms with Crippen LogP contribution in [-0.2, 0) is 10.0 Å². The first-order valence-electron chi connectivity index (χ1n) is 7.14. The highest BCUT2D eigenvalue weighted by atomic mass is 32.2. The molecule has 0 aliphatic carbocycles. The van der Waals surface area contributed by atoms with Gasteiger partial charge in [0.05, 0.1) is 4.90 Å². The van der Waals surface area contributed by atoms with Crippen molar-refractivity contribution in [3.8, 4) is 0 Å². The van der Waals surface area contributed by atoms with Crippen molar-refractivity contribution < 1.29 is 13.2 Å². The van der Waals surface area contributed by atoms with Crippen molar-refractivity contribution in [2.45, 2.75) is 24.7 Å². The van der Waals surface area contributed by atoms with Gasteiger partial charge in [-0.25, -0.2) is 8.42 Å². The van der Waals surface area contributed by atoms with Gasteiger partial charge in [-0.1, -0.05) is 6.92 Å². The van der Waals surface area contributed by atoms with Crippen LogP contribution in [0.5, 0.6) is 0 Å². The van der Waals surface area contributed by atoms with Crippen LogP contribution < -0.4 is 0 Å². The summed E-state index contributed by atoms with van der Waals surface area (Å²) in [4.78, 5) is 13.5. The Morgan fingerprint density at radius 3 is 2.14 bits per heavy atom. The number of hydrogen-bond donors (Lipinski definition) is 0. The lowest BCUT2D eigenvalue weighted by molar-refractivity contribution is 0.0827. The van der Waals surface area contributed by atoms with E-state index in [1.807, 2.05) is 0 Å². The normalized spacial score (nSPS) is 17.7. The lowest BCUT2D eigenvalue weighted by atomic mass is 10.0. The molecule has 0 atom stereocenters. The van der Waals surface area contributed by atoms with Gasteiger partial charge in [0.2, 0.25) is 10.0 Å². The monoisotopic (exact) mass is 310 g/mol. The average molecular weight is 310 g/mol. The van der Waals surface area contributed by atoms with E-state index < -0.39 is 10.0 Å². The summed E-state index contributed by atoms with van der Waals surface area (Å²) in [6.07, 6.45) is 1.80. The zero-order chi connectivity index (χ0) is 15.6. The summed E-state index contributed by atoms with van der Waals surface area (Å²) < 4.78 is 26.6. The van der Waals surface area contributed by atoms with Gasteiger partial charge in [0, 0.05) is 32.7 Å². The molecule has 0 radical (unpaired) electrons. The Balaban J connectivity index is 2.19. The highest BCUT2D eigenvalue weighted by Gasteiger charge is 2.28. The van der Waals surface area contributed by atoms with Crippen LogP contribution in [0, 0.1) is 5.92 Å². The van der Waals surface area contributed by atoms with Crippen LogP contribution in [0.15, 0.2) is 29.2 Å². The first-order valence-corrected chi connectivity index (χ1v) is 8.58. The molecule has 0 unspecified atom stereocenters. The number of hydrogen-bond acceptors (Lipinski definition) is 3. The first kappa shape index (κ1) is 16.0. The molecule has 1 amide bonds. The van der Waals surface area contributed by atoms with E-state index in [0.29, 0.717) is 24.6 Å². The van der Waals surface area contributed by atoms with E-state index >= 15 is 0 Å². The minimum atomic E-state index is -3.44. The van der Waals surface area contributed by atoms with Gasteiger partial charge in [-0.2, -0.15) is 4.31 Å². The molecule has 2 rings (SSSR count). The SMILES string of the molecule is CC1CCN(S(=O)(=O)c2ccc(C(=O)N(C)C)cc2)CC1. The largest absolute Gasteiger partial charge is 0.345 e. The molecule has 1 aromatic rings. The van der Waals surface area contributed by atoms with E-state index in [4.69, 9.17) is 0 Å². The fourth-order valence-corrected chi connectivity index (χ4v) is 3.87. The second kappa shape index (κ2) is 6.15. The van der Waals surface area contributed by atoms with Crippen molar-refractivity contribution in [2.24, 2.45) is 5.92 Å². The smallest absolute Gasteiger partial charge is 0.253 e. The molecule has 0 spiro atoms. The molecule has 1 heterocycles. The van der Waals surface area contributed by atoms with Gasteiger partial charge in [0.1, 0.15) is 0 Å². The van der Waals surface area contributed by atoms with Crippen LogP contribution in [0.4, 0.5) is 0 Å². The Morgan fingerprint density at radius 2 is 1.67 bits per heavy atom. The van der Waals surface area contributed by atoms with Gasteiger partial charge in [0.25, 0.3) is 5.91 Å². The fraction of sp³-hybridized carbons (Fsp3) is 0.533. The maximum atomic E-state index is 12.5. The lowest BCUT2D eigenvalue weighted by Crippen LogP contribution is -2.37. The van der Waals surface area contributed by atoms with Crippen LogP contribution in [0.1, 0.15) is 30.1 Å². The molecule has 1 aliphatic rings. The Labute approximate surface area is 126 Å². The number of amides is 1. The van der Waals surface area contributed by atoms with Gasteiger partial charge in [0.15, 0.2) is 0 Å². The van der Waals surface area contributed by atoms with E-state index in [9.17, 15) is 13.2 Å². The number of rotatable bonds is 3. The summed E-state index contributed by atoms with van der Waals surface area (Å²) in [5.74, 6) is 0.447. The van der Waals surface area contributed by atoms with Crippen molar-refractivity contribution in [3.63, 3.8) is 0 Å². The summed E-state index contributed by atoms with van der Waals surface area (Å²) in [7, 11) is -0.103. The Kier molecular flexibility index (Phi) is 4.68. The third kappa shape index (κ3) is 3.44. The van der Waals surface area contributed by atoms with E-state index in [-0.39, 0.29) is 10.8 Å². The molecule has 1 saturated heterocycles. The van der Waals surface area contributed by atoms with Crippen LogP contribution in [0.3, 0.4) is 0 Å². The Morgan fingerprint density at radius 1 is 1.14 bits per heavy atom. The minimum Gasteiger partial charge on any atom is -0.345 e. The van der Waals surface area contributed by atoms with Gasteiger partial charge in [-0.05, 0) is 43.0 Å². The number of benzene rings is 1. The number of piperidine rings is 1. The van der Waals surface area contributed by atoms with Crippen molar-refractivity contribution in [3.05, 3.63) is 29.8 Å². The fourth-order valence-electron chi connectivity index (χ4n) is 2.40. The summed E-state index contributed by atoms with van der Waals surface area (Å²) in [6.45, 7) is 3.29. The van der Waals surface area contributed by atoms with E-state index in [1.165, 1.54) is 21.3 Å². The van der Waals surface area contributed by atoms with Crippen LogP contribution in [0.25, 0.3) is 0 Å². The molecule has 1 aromatic carbocycles. The van der Waals surface area contributed by atoms with Gasteiger partial charge in [-0.3, -0.25) is 4.79 Å². The van der Waals surface area contributed by atoms with Crippen molar-refractivity contribution in [1.82, 2.24) is 9.21 Å². The molecule has 21 heavy (non-hydrogen) atoms. The number of carbonyl (C=O) groups is 1. The zero-order valence-corrected chi connectivity index (χ0v) is 13.6. The van der Waals surface area contributed by atoms with Crippen molar-refractivity contribution in [2.75, 3.05) is 27.2 Å². The molecular weight excluding hydrogens is 288 g/mol. The Hall–Kier alpha value is -1.40. The van der Waals surface area contributed by atoms with E-state index in [0.717, 1.165) is 12.8 Å². The average Bonchev–Trinajstić information content (AvgIpc) is 2.47. The maximum Gasteiger partial charge on any atom is 0.253 e. The molecule has 5 nitrogen and oxygen atoms in total. The number of sulfonamides is 1. The maximum absolute atomic E-state index is 12.5. The minimum absolute atomic E-state index is 0.134. The Bertz CT molecular complexity index is 600. The molecule has 0 N–H and O–H groups in total. The molecule has 0 saturated carbocycles. The van der Waals surface area contributed by atoms with Crippen molar-refractivity contribution in [1.29, 1.82) is 0 Å². The molecule has 0 bridgehead atoms. The zero-order valence-electron chi connectivity index (χ0n) is 12.7. The predicted molar refractivity (Wildman–Crippen MR) is 81.6 cm³/mol. The van der Waals surface area contributed by atoms with Crippen LogP contribution >= 0.6 is 0 Å². The van der Waals surface area contributed by atoms with Gasteiger partial charge in [-0.15, -0.1) is 0 Å². The lowest BCUT2D eigenvalue weighted by Gasteiger charge is -2.29. The topological polar surface area (TPSA) is 57.7 Å². The highest BCUT2D eigenvalue weighted by Crippen LogP contribution is 2.23. The number of carbonyl (C=O) groups excluding carboxylic acids is 1. The second-order valence-electron chi connectivity index (χ2n) is 5.81. The summed E-state index contributed by atoms with van der Waals surface area (Å²) >= 11 is 0. The second-order valence-corrected chi connectivity index (χ2v) is 7.75. The molecular formula is C15H22N2O3S. The number of nitrogens with zero attached hydrogens (tertiary/aromatic N) is 2.